The molecule has 1 aliphatic carbocycles. The van der Waals surface area contributed by atoms with Crippen LogP contribution in [0, 0.1) is 5.92 Å². The summed E-state index contributed by atoms with van der Waals surface area (Å²) in [6.07, 6.45) is 5.14. The molecule has 6 rings (SSSR count). The molecule has 0 bridgehead atoms. The Morgan fingerprint density at radius 2 is 1.90 bits per heavy atom. The summed E-state index contributed by atoms with van der Waals surface area (Å²) in [7, 11) is 0. The van der Waals surface area contributed by atoms with E-state index in [-0.39, 0.29) is 0 Å². The van der Waals surface area contributed by atoms with Crippen molar-refractivity contribution in [3.8, 4) is 10.7 Å². The van der Waals surface area contributed by atoms with E-state index in [0.717, 1.165) is 53.4 Å². The number of aromatic nitrogens is 2. The number of carbonyl (C=O) groups is 1. The van der Waals surface area contributed by atoms with Crippen LogP contribution in [-0.4, -0.2) is 45.9 Å². The summed E-state index contributed by atoms with van der Waals surface area (Å²) < 4.78 is 0. The Morgan fingerprint density at radius 3 is 2.72 bits per heavy atom. The van der Waals surface area contributed by atoms with Gasteiger partial charge in [-0.3, -0.25) is 4.79 Å². The molecule has 6 heteroatoms. The van der Waals surface area contributed by atoms with Crippen LogP contribution in [0.15, 0.2) is 41.8 Å². The van der Waals surface area contributed by atoms with Crippen molar-refractivity contribution in [1.82, 2.24) is 14.9 Å². The lowest BCUT2D eigenvalue weighted by atomic mass is 9.83. The Kier molecular flexibility index (Phi) is 4.08. The van der Waals surface area contributed by atoms with Crippen LogP contribution in [-0.2, 0) is 4.79 Å². The molecule has 0 radical (unpaired) electrons. The van der Waals surface area contributed by atoms with Crippen molar-refractivity contribution >= 4 is 34.0 Å². The van der Waals surface area contributed by atoms with E-state index in [9.17, 15) is 4.79 Å². The van der Waals surface area contributed by atoms with Crippen LogP contribution < -0.4 is 4.90 Å². The van der Waals surface area contributed by atoms with Gasteiger partial charge in [0.1, 0.15) is 5.82 Å². The zero-order valence-electron chi connectivity index (χ0n) is 16.3. The Hall–Kier alpha value is -2.47. The van der Waals surface area contributed by atoms with Gasteiger partial charge in [0.2, 0.25) is 5.91 Å². The van der Waals surface area contributed by atoms with Crippen molar-refractivity contribution in [1.29, 1.82) is 0 Å². The van der Waals surface area contributed by atoms with E-state index in [1.807, 2.05) is 6.07 Å². The minimum absolute atomic E-state index is 0.384. The van der Waals surface area contributed by atoms with Gasteiger partial charge in [0.15, 0.2) is 5.82 Å². The molecule has 3 aromatic rings. The molecule has 2 aromatic heterocycles. The number of para-hydroxylation sites is 1. The summed E-state index contributed by atoms with van der Waals surface area (Å²) in [5, 5.41) is 3.20. The van der Waals surface area contributed by atoms with E-state index in [1.165, 1.54) is 12.8 Å². The number of nitrogens with zero attached hydrogens (tertiary/aromatic N) is 4. The van der Waals surface area contributed by atoms with Gasteiger partial charge in [-0.25, -0.2) is 9.97 Å². The van der Waals surface area contributed by atoms with Crippen LogP contribution in [0.4, 0.5) is 5.82 Å². The third-order valence-electron chi connectivity index (χ3n) is 6.63. The summed E-state index contributed by atoms with van der Waals surface area (Å²) in [4.78, 5) is 28.2. The molecule has 0 spiro atoms. The maximum Gasteiger partial charge on any atom is 0.223 e. The number of anilines is 1. The Morgan fingerprint density at radius 1 is 1.00 bits per heavy atom. The maximum absolute atomic E-state index is 12.5. The Balaban J connectivity index is 1.36. The fourth-order valence-corrected chi connectivity index (χ4v) is 5.79. The standard InChI is InChI=1S/C23H24N4OS/c28-21-10-7-15-14-26(12-11-19(15)27(21)16-8-9-16)23-17-4-1-2-5-18(17)24-22(25-23)20-6-3-13-29-20/h1-6,13,15-16,19H,7-12,14H2/t15-,19-/m1/s1. The quantitative estimate of drug-likeness (QED) is 0.652. The lowest BCUT2D eigenvalue weighted by molar-refractivity contribution is -0.140. The molecule has 0 N–H and O–H groups in total. The van der Waals surface area contributed by atoms with Crippen molar-refractivity contribution < 1.29 is 4.79 Å². The number of hydrogen-bond acceptors (Lipinski definition) is 5. The second-order valence-corrected chi connectivity index (χ2v) is 9.45. The van der Waals surface area contributed by atoms with E-state index in [2.05, 4.69) is 45.5 Å². The largest absolute Gasteiger partial charge is 0.356 e. The molecule has 3 fully saturated rings. The first kappa shape index (κ1) is 17.4. The van der Waals surface area contributed by atoms with Crippen LogP contribution in [0.1, 0.15) is 32.1 Å². The first-order chi connectivity index (χ1) is 14.3. The summed E-state index contributed by atoms with van der Waals surface area (Å²) in [5.41, 5.74) is 1.00. The van der Waals surface area contributed by atoms with Crippen molar-refractivity contribution in [3.63, 3.8) is 0 Å². The molecule has 0 unspecified atom stereocenters. The average molecular weight is 405 g/mol. The summed E-state index contributed by atoms with van der Waals surface area (Å²) in [5.74, 6) is 2.79. The fraction of sp³-hybridized carbons (Fsp3) is 0.435. The minimum Gasteiger partial charge on any atom is -0.356 e. The Bertz CT molecular complexity index is 1060. The second kappa shape index (κ2) is 6.80. The summed E-state index contributed by atoms with van der Waals surface area (Å²) in [6, 6.07) is 13.4. The molecule has 1 amide bonds. The smallest absolute Gasteiger partial charge is 0.223 e. The van der Waals surface area contributed by atoms with Crippen LogP contribution in [0.3, 0.4) is 0 Å². The maximum atomic E-state index is 12.5. The number of carbonyl (C=O) groups excluding carboxylic acids is 1. The monoisotopic (exact) mass is 404 g/mol. The highest BCUT2D eigenvalue weighted by Crippen LogP contribution is 2.40. The number of amides is 1. The van der Waals surface area contributed by atoms with Crippen molar-refractivity contribution in [2.24, 2.45) is 5.92 Å². The molecule has 2 atom stereocenters. The fourth-order valence-electron chi connectivity index (χ4n) is 5.13. The number of rotatable bonds is 3. The van der Waals surface area contributed by atoms with Gasteiger partial charge in [0.25, 0.3) is 0 Å². The highest BCUT2D eigenvalue weighted by molar-refractivity contribution is 7.13. The number of fused-ring (bicyclic) bond motifs is 2. The second-order valence-electron chi connectivity index (χ2n) is 8.50. The topological polar surface area (TPSA) is 49.3 Å². The zero-order chi connectivity index (χ0) is 19.4. The molecule has 2 saturated heterocycles. The van der Waals surface area contributed by atoms with Gasteiger partial charge in [-0.1, -0.05) is 18.2 Å². The van der Waals surface area contributed by atoms with Gasteiger partial charge in [-0.2, -0.15) is 0 Å². The lowest BCUT2D eigenvalue weighted by Crippen LogP contribution is -2.56. The summed E-state index contributed by atoms with van der Waals surface area (Å²) in [6.45, 7) is 1.93. The molecule has 1 saturated carbocycles. The van der Waals surface area contributed by atoms with Crippen molar-refractivity contribution in [2.45, 2.75) is 44.2 Å². The van der Waals surface area contributed by atoms with Gasteiger partial charge in [0.05, 0.1) is 10.4 Å². The number of benzene rings is 1. The Labute approximate surface area is 174 Å². The van der Waals surface area contributed by atoms with Crippen LogP contribution in [0.2, 0.25) is 0 Å². The first-order valence-corrected chi connectivity index (χ1v) is 11.5. The number of likely N-dealkylation sites (tertiary alicyclic amines) is 1. The van der Waals surface area contributed by atoms with Gasteiger partial charge >= 0.3 is 0 Å². The highest BCUT2D eigenvalue weighted by atomic mass is 32.1. The van der Waals surface area contributed by atoms with E-state index in [4.69, 9.17) is 9.97 Å². The first-order valence-electron chi connectivity index (χ1n) is 10.6. The highest BCUT2D eigenvalue weighted by Gasteiger charge is 2.45. The van der Waals surface area contributed by atoms with Gasteiger partial charge in [-0.05, 0) is 55.2 Å². The van der Waals surface area contributed by atoms with E-state index < -0.39 is 0 Å². The van der Waals surface area contributed by atoms with E-state index >= 15 is 0 Å². The minimum atomic E-state index is 0.384. The molecular formula is C23H24N4OS. The van der Waals surface area contributed by atoms with Gasteiger partial charge in [-0.15, -0.1) is 11.3 Å². The van der Waals surface area contributed by atoms with Crippen molar-refractivity contribution in [2.75, 3.05) is 18.0 Å². The normalized spacial score (nSPS) is 24.8. The number of thiophene rings is 1. The van der Waals surface area contributed by atoms with E-state index in [1.54, 1.807) is 11.3 Å². The van der Waals surface area contributed by atoms with Crippen LogP contribution in [0.5, 0.6) is 0 Å². The molecule has 148 valence electrons. The third-order valence-corrected chi connectivity index (χ3v) is 7.50. The molecular weight excluding hydrogens is 380 g/mol. The molecule has 29 heavy (non-hydrogen) atoms. The SMILES string of the molecule is O=C1CC[C@@H]2CN(c3nc(-c4cccs4)nc4ccccc34)CC[C@H]2N1C1CC1. The summed E-state index contributed by atoms with van der Waals surface area (Å²) >= 11 is 1.68. The average Bonchev–Trinajstić information content (AvgIpc) is 3.44. The van der Waals surface area contributed by atoms with E-state index in [0.29, 0.717) is 30.3 Å². The lowest BCUT2D eigenvalue weighted by Gasteiger charge is -2.47. The zero-order valence-corrected chi connectivity index (χ0v) is 17.1. The molecule has 3 aliphatic rings. The van der Waals surface area contributed by atoms with Crippen molar-refractivity contribution in [3.05, 3.63) is 41.8 Å². The molecule has 2 aliphatic heterocycles. The molecule has 1 aromatic carbocycles. The molecule has 5 nitrogen and oxygen atoms in total. The van der Waals surface area contributed by atoms with Crippen LogP contribution >= 0.6 is 11.3 Å². The predicted molar refractivity (Wildman–Crippen MR) is 116 cm³/mol. The number of hydrogen-bond donors (Lipinski definition) is 0. The predicted octanol–water partition coefficient (Wildman–Crippen LogP) is 4.34. The van der Waals surface area contributed by atoms with Gasteiger partial charge in [0, 0.05) is 37.0 Å². The van der Waals surface area contributed by atoms with Crippen LogP contribution in [0.25, 0.3) is 21.6 Å². The third kappa shape index (κ3) is 3.01. The molecule has 4 heterocycles. The van der Waals surface area contributed by atoms with Gasteiger partial charge < -0.3 is 9.80 Å². The number of piperidine rings is 2.